The Labute approximate surface area is 105 Å². The van der Waals surface area contributed by atoms with Crippen molar-refractivity contribution in [2.24, 2.45) is 0 Å². The van der Waals surface area contributed by atoms with Crippen molar-refractivity contribution in [3.8, 4) is 0 Å². The molecule has 0 radical (unpaired) electrons. The smallest absolute Gasteiger partial charge is 0.0639 e. The zero-order chi connectivity index (χ0) is 12.9. The van der Waals surface area contributed by atoms with Crippen molar-refractivity contribution in [3.63, 3.8) is 0 Å². The first kappa shape index (κ1) is 13.8. The minimum Gasteiger partial charge on any atom is -0.385 e. The lowest BCUT2D eigenvalue weighted by atomic mass is 10.1. The molecule has 1 aromatic rings. The van der Waals surface area contributed by atoms with Crippen LogP contribution in [-0.4, -0.2) is 33.4 Å². The molecule has 1 N–H and O–H groups in total. The van der Waals surface area contributed by atoms with Gasteiger partial charge in [0, 0.05) is 39.1 Å². The average molecular weight is 236 g/mol. The topological polar surface area (TPSA) is 24.5 Å². The van der Waals surface area contributed by atoms with E-state index >= 15 is 0 Å². The second-order valence-corrected chi connectivity index (χ2v) is 5.09. The van der Waals surface area contributed by atoms with Crippen LogP contribution < -0.4 is 10.2 Å². The van der Waals surface area contributed by atoms with Gasteiger partial charge in [-0.25, -0.2) is 0 Å². The molecular weight excluding hydrogens is 212 g/mol. The third-order valence-corrected chi connectivity index (χ3v) is 2.97. The van der Waals surface area contributed by atoms with Gasteiger partial charge in [-0.3, -0.25) is 0 Å². The van der Waals surface area contributed by atoms with Crippen LogP contribution in [0, 0.1) is 0 Å². The van der Waals surface area contributed by atoms with Crippen molar-refractivity contribution in [2.45, 2.75) is 25.9 Å². The lowest BCUT2D eigenvalue weighted by Crippen LogP contribution is -2.25. The van der Waals surface area contributed by atoms with E-state index in [1.807, 2.05) is 14.1 Å². The van der Waals surface area contributed by atoms with Crippen LogP contribution in [0.3, 0.4) is 0 Å². The maximum absolute atomic E-state index is 5.39. The van der Waals surface area contributed by atoms with Gasteiger partial charge >= 0.3 is 0 Å². The predicted octanol–water partition coefficient (Wildman–Crippen LogP) is 2.98. The molecule has 1 rings (SSSR count). The van der Waals surface area contributed by atoms with E-state index in [9.17, 15) is 0 Å². The molecule has 0 spiro atoms. The minimum atomic E-state index is -0.0633. The normalized spacial score (nSPS) is 11.4. The Kier molecular flexibility index (Phi) is 4.82. The molecule has 0 heterocycles. The summed E-state index contributed by atoms with van der Waals surface area (Å²) in [5, 5.41) is 3.42. The lowest BCUT2D eigenvalue weighted by Gasteiger charge is -2.23. The zero-order valence-electron chi connectivity index (χ0n) is 11.6. The summed E-state index contributed by atoms with van der Waals surface area (Å²) >= 11 is 0. The van der Waals surface area contributed by atoms with E-state index in [0.29, 0.717) is 0 Å². The molecule has 0 saturated heterocycles. The fourth-order valence-electron chi connectivity index (χ4n) is 1.50. The summed E-state index contributed by atoms with van der Waals surface area (Å²) in [6.45, 7) is 5.12. The van der Waals surface area contributed by atoms with Crippen molar-refractivity contribution in [1.29, 1.82) is 0 Å². The molecule has 0 bridgehead atoms. The number of hydrogen-bond acceptors (Lipinski definition) is 3. The maximum Gasteiger partial charge on any atom is 0.0639 e. The molecule has 0 atom stereocenters. The van der Waals surface area contributed by atoms with Crippen LogP contribution in [0.5, 0.6) is 0 Å². The van der Waals surface area contributed by atoms with E-state index in [-0.39, 0.29) is 5.60 Å². The van der Waals surface area contributed by atoms with Crippen molar-refractivity contribution in [3.05, 3.63) is 24.3 Å². The number of benzene rings is 1. The summed E-state index contributed by atoms with van der Waals surface area (Å²) in [6, 6.07) is 8.41. The summed E-state index contributed by atoms with van der Waals surface area (Å²) in [6.07, 6.45) is 0.982. The van der Waals surface area contributed by atoms with Gasteiger partial charge in [0.05, 0.1) is 5.60 Å². The van der Waals surface area contributed by atoms with Crippen LogP contribution >= 0.6 is 0 Å². The molecule has 0 aliphatic rings. The Morgan fingerprint density at radius 3 is 2.59 bits per heavy atom. The summed E-state index contributed by atoms with van der Waals surface area (Å²) in [5.41, 5.74) is 2.30. The van der Waals surface area contributed by atoms with E-state index in [0.717, 1.165) is 18.7 Å². The molecule has 3 heteroatoms. The van der Waals surface area contributed by atoms with Crippen LogP contribution in [0.1, 0.15) is 20.3 Å². The highest BCUT2D eigenvalue weighted by atomic mass is 16.5. The predicted molar refractivity (Wildman–Crippen MR) is 75.0 cm³/mol. The highest BCUT2D eigenvalue weighted by Gasteiger charge is 2.15. The molecule has 0 fully saturated rings. The van der Waals surface area contributed by atoms with Gasteiger partial charge in [-0.1, -0.05) is 6.07 Å². The highest BCUT2D eigenvalue weighted by Crippen LogP contribution is 2.18. The second kappa shape index (κ2) is 5.92. The fourth-order valence-corrected chi connectivity index (χ4v) is 1.50. The molecule has 3 nitrogen and oxygen atoms in total. The Bertz CT molecular complexity index is 348. The first-order chi connectivity index (χ1) is 7.94. The number of nitrogens with one attached hydrogen (secondary N) is 1. The van der Waals surface area contributed by atoms with Crippen LogP contribution in [0.25, 0.3) is 0 Å². The van der Waals surface area contributed by atoms with Crippen molar-refractivity contribution >= 4 is 11.4 Å². The van der Waals surface area contributed by atoms with E-state index in [1.165, 1.54) is 5.69 Å². The molecule has 17 heavy (non-hydrogen) atoms. The Hall–Kier alpha value is -1.22. The zero-order valence-corrected chi connectivity index (χ0v) is 11.6. The van der Waals surface area contributed by atoms with Crippen molar-refractivity contribution in [2.75, 3.05) is 38.0 Å². The quantitative estimate of drug-likeness (QED) is 0.822. The summed E-state index contributed by atoms with van der Waals surface area (Å²) in [7, 11) is 5.85. The SMILES string of the molecule is COC(C)(C)CCNc1cccc(N(C)C)c1. The Morgan fingerprint density at radius 2 is 2.00 bits per heavy atom. The van der Waals surface area contributed by atoms with Gasteiger partial charge < -0.3 is 15.0 Å². The van der Waals surface area contributed by atoms with Gasteiger partial charge in [0.2, 0.25) is 0 Å². The minimum absolute atomic E-state index is 0.0633. The first-order valence-electron chi connectivity index (χ1n) is 6.01. The molecule has 0 saturated carbocycles. The number of methoxy groups -OCH3 is 1. The molecule has 0 amide bonds. The number of rotatable bonds is 6. The standard InChI is InChI=1S/C14H24N2O/c1-14(2,17-5)9-10-15-12-7-6-8-13(11-12)16(3)4/h6-8,11,15H,9-10H2,1-5H3. The third-order valence-electron chi connectivity index (χ3n) is 2.97. The molecule has 96 valence electrons. The number of hydrogen-bond donors (Lipinski definition) is 1. The van der Waals surface area contributed by atoms with Crippen molar-refractivity contribution < 1.29 is 4.74 Å². The lowest BCUT2D eigenvalue weighted by molar-refractivity contribution is 0.0185. The Balaban J connectivity index is 2.50. The van der Waals surface area contributed by atoms with Crippen LogP contribution in [0.15, 0.2) is 24.3 Å². The third kappa shape index (κ3) is 4.65. The molecule has 0 aliphatic carbocycles. The highest BCUT2D eigenvalue weighted by molar-refractivity contribution is 5.57. The van der Waals surface area contributed by atoms with Gasteiger partial charge in [0.15, 0.2) is 0 Å². The fraction of sp³-hybridized carbons (Fsp3) is 0.571. The Morgan fingerprint density at radius 1 is 1.29 bits per heavy atom. The van der Waals surface area contributed by atoms with Crippen LogP contribution in [-0.2, 0) is 4.74 Å². The monoisotopic (exact) mass is 236 g/mol. The van der Waals surface area contributed by atoms with Gasteiger partial charge in [-0.2, -0.15) is 0 Å². The van der Waals surface area contributed by atoms with Gasteiger partial charge in [0.1, 0.15) is 0 Å². The summed E-state index contributed by atoms with van der Waals surface area (Å²) < 4.78 is 5.39. The molecule has 1 aromatic carbocycles. The molecule has 0 unspecified atom stereocenters. The number of nitrogens with zero attached hydrogens (tertiary/aromatic N) is 1. The van der Waals surface area contributed by atoms with E-state index < -0.39 is 0 Å². The van der Waals surface area contributed by atoms with Gasteiger partial charge in [-0.15, -0.1) is 0 Å². The largest absolute Gasteiger partial charge is 0.385 e. The summed E-state index contributed by atoms with van der Waals surface area (Å²) in [5.74, 6) is 0. The van der Waals surface area contributed by atoms with Crippen LogP contribution in [0.2, 0.25) is 0 Å². The number of anilines is 2. The molecular formula is C14H24N2O. The number of ether oxygens (including phenoxy) is 1. The first-order valence-corrected chi connectivity index (χ1v) is 6.01. The van der Waals surface area contributed by atoms with E-state index in [2.05, 4.69) is 48.3 Å². The van der Waals surface area contributed by atoms with Crippen LogP contribution in [0.4, 0.5) is 11.4 Å². The molecule has 0 aliphatic heterocycles. The average Bonchev–Trinajstić information content (AvgIpc) is 2.29. The van der Waals surface area contributed by atoms with Gasteiger partial charge in [0.25, 0.3) is 0 Å². The van der Waals surface area contributed by atoms with Crippen molar-refractivity contribution in [1.82, 2.24) is 0 Å². The van der Waals surface area contributed by atoms with E-state index in [1.54, 1.807) is 7.11 Å². The molecule has 0 aromatic heterocycles. The second-order valence-electron chi connectivity index (χ2n) is 5.09. The summed E-state index contributed by atoms with van der Waals surface area (Å²) in [4.78, 5) is 2.10. The van der Waals surface area contributed by atoms with Gasteiger partial charge in [-0.05, 0) is 38.5 Å². The van der Waals surface area contributed by atoms with E-state index in [4.69, 9.17) is 4.74 Å². The maximum atomic E-state index is 5.39.